The maximum atomic E-state index is 12.4. The summed E-state index contributed by atoms with van der Waals surface area (Å²) in [4.78, 5) is 24.4. The quantitative estimate of drug-likeness (QED) is 0.618. The lowest BCUT2D eigenvalue weighted by Gasteiger charge is -2.40. The molecule has 2 amide bonds. The van der Waals surface area contributed by atoms with E-state index in [0.29, 0.717) is 24.8 Å². The van der Waals surface area contributed by atoms with E-state index in [0.717, 1.165) is 25.8 Å². The van der Waals surface area contributed by atoms with Gasteiger partial charge in [-0.1, -0.05) is 6.92 Å². The minimum absolute atomic E-state index is 0.00468. The van der Waals surface area contributed by atoms with E-state index in [9.17, 15) is 9.59 Å². The van der Waals surface area contributed by atoms with Crippen LogP contribution < -0.4 is 16.4 Å². The van der Waals surface area contributed by atoms with Crippen molar-refractivity contribution in [3.05, 3.63) is 0 Å². The molecule has 2 aliphatic heterocycles. The zero-order valence-electron chi connectivity index (χ0n) is 13.4. The lowest BCUT2D eigenvalue weighted by atomic mass is 9.65. The Kier molecular flexibility index (Phi) is 3.09. The largest absolute Gasteiger partial charge is 0.356 e. The molecule has 4 aliphatic rings. The van der Waals surface area contributed by atoms with E-state index in [1.807, 2.05) is 0 Å². The Morgan fingerprint density at radius 2 is 1.95 bits per heavy atom. The van der Waals surface area contributed by atoms with Crippen LogP contribution in [0.25, 0.3) is 0 Å². The van der Waals surface area contributed by atoms with Gasteiger partial charge in [0.15, 0.2) is 0 Å². The summed E-state index contributed by atoms with van der Waals surface area (Å²) in [5, 5.41) is 6.13. The molecule has 5 nitrogen and oxygen atoms in total. The van der Waals surface area contributed by atoms with Gasteiger partial charge in [0.25, 0.3) is 0 Å². The third-order valence-electron chi connectivity index (χ3n) is 7.12. The molecule has 2 aliphatic carbocycles. The molecule has 5 atom stereocenters. The summed E-state index contributed by atoms with van der Waals surface area (Å²) in [5.41, 5.74) is 6.84. The lowest BCUT2D eigenvalue weighted by Crippen LogP contribution is -2.47. The van der Waals surface area contributed by atoms with Crippen molar-refractivity contribution in [2.24, 2.45) is 34.3 Å². The molecule has 0 radical (unpaired) electrons. The van der Waals surface area contributed by atoms with Crippen molar-refractivity contribution >= 4 is 11.8 Å². The molecule has 4 rings (SSSR count). The maximum Gasteiger partial charge on any atom is 0.223 e. The van der Waals surface area contributed by atoms with Crippen molar-refractivity contribution in [3.63, 3.8) is 0 Å². The van der Waals surface area contributed by atoms with Gasteiger partial charge in [-0.15, -0.1) is 0 Å². The van der Waals surface area contributed by atoms with Gasteiger partial charge in [-0.2, -0.15) is 0 Å². The van der Waals surface area contributed by atoms with Crippen LogP contribution in [-0.4, -0.2) is 30.9 Å². The van der Waals surface area contributed by atoms with Gasteiger partial charge in [0, 0.05) is 31.5 Å². The summed E-state index contributed by atoms with van der Waals surface area (Å²) in [6.45, 7) is 3.57. The van der Waals surface area contributed by atoms with Gasteiger partial charge in [-0.3, -0.25) is 9.59 Å². The number of carbonyl (C=O) groups excluding carboxylic acids is 2. The number of amides is 2. The SMILES string of the molecule is CC12CC1C(=O)NCC(N)C1CCNC(=O)CCC2C12CC2. The summed E-state index contributed by atoms with van der Waals surface area (Å²) >= 11 is 0. The number of nitrogens with two attached hydrogens (primary N) is 1. The highest BCUT2D eigenvalue weighted by atomic mass is 16.2. The van der Waals surface area contributed by atoms with Crippen LogP contribution in [0.5, 0.6) is 0 Å². The van der Waals surface area contributed by atoms with Crippen molar-refractivity contribution in [1.82, 2.24) is 10.6 Å². The first-order valence-corrected chi connectivity index (χ1v) is 8.77. The normalized spacial score (nSPS) is 46.6. The van der Waals surface area contributed by atoms with Gasteiger partial charge in [0.2, 0.25) is 11.8 Å². The number of rotatable bonds is 0. The third kappa shape index (κ3) is 2.01. The van der Waals surface area contributed by atoms with Crippen molar-refractivity contribution in [2.45, 2.75) is 51.5 Å². The molecule has 2 heterocycles. The molecule has 5 heteroatoms. The van der Waals surface area contributed by atoms with Crippen molar-refractivity contribution in [3.8, 4) is 0 Å². The third-order valence-corrected chi connectivity index (χ3v) is 7.12. The Bertz CT molecular complexity index is 516. The highest BCUT2D eigenvalue weighted by molar-refractivity contribution is 5.83. The fourth-order valence-corrected chi connectivity index (χ4v) is 5.70. The van der Waals surface area contributed by atoms with Crippen LogP contribution in [0.15, 0.2) is 0 Å². The monoisotopic (exact) mass is 305 g/mol. The Hall–Kier alpha value is -1.10. The average Bonchev–Trinajstić information content (AvgIpc) is 3.37. The summed E-state index contributed by atoms with van der Waals surface area (Å²) < 4.78 is 0. The first-order chi connectivity index (χ1) is 10.5. The van der Waals surface area contributed by atoms with Gasteiger partial charge in [0.05, 0.1) is 0 Å². The average molecular weight is 305 g/mol. The topological polar surface area (TPSA) is 84.2 Å². The number of carbonyl (C=O) groups is 2. The van der Waals surface area contributed by atoms with Crippen molar-refractivity contribution in [1.29, 1.82) is 0 Å². The predicted octanol–water partition coefficient (Wildman–Crippen LogP) is 0.782. The Labute approximate surface area is 131 Å². The molecule has 5 unspecified atom stereocenters. The highest BCUT2D eigenvalue weighted by Gasteiger charge is 2.68. The predicted molar refractivity (Wildman–Crippen MR) is 82.7 cm³/mol. The molecule has 0 aromatic heterocycles. The number of hydrogen-bond acceptors (Lipinski definition) is 3. The van der Waals surface area contributed by atoms with Gasteiger partial charge in [-0.25, -0.2) is 0 Å². The van der Waals surface area contributed by atoms with E-state index in [2.05, 4.69) is 17.6 Å². The van der Waals surface area contributed by atoms with Crippen LogP contribution in [0.4, 0.5) is 0 Å². The maximum absolute atomic E-state index is 12.4. The lowest BCUT2D eigenvalue weighted by molar-refractivity contribution is -0.123. The van der Waals surface area contributed by atoms with Gasteiger partial charge < -0.3 is 16.4 Å². The fourth-order valence-electron chi connectivity index (χ4n) is 5.70. The van der Waals surface area contributed by atoms with Gasteiger partial charge in [0.1, 0.15) is 0 Å². The molecule has 0 aromatic carbocycles. The van der Waals surface area contributed by atoms with Crippen LogP contribution in [0.1, 0.15) is 45.4 Å². The second-order valence-corrected chi connectivity index (χ2v) is 8.24. The first kappa shape index (κ1) is 14.5. The van der Waals surface area contributed by atoms with Crippen LogP contribution in [0.2, 0.25) is 0 Å². The van der Waals surface area contributed by atoms with Gasteiger partial charge in [-0.05, 0) is 54.8 Å². The Morgan fingerprint density at radius 3 is 2.68 bits per heavy atom. The number of hydrogen-bond donors (Lipinski definition) is 3. The second-order valence-electron chi connectivity index (χ2n) is 8.24. The highest BCUT2D eigenvalue weighted by Crippen LogP contribution is 2.72. The molecule has 4 fully saturated rings. The fraction of sp³-hybridized carbons (Fsp3) is 0.882. The summed E-state index contributed by atoms with van der Waals surface area (Å²) in [7, 11) is 0. The number of nitrogens with one attached hydrogen (secondary N) is 2. The van der Waals surface area contributed by atoms with E-state index in [1.165, 1.54) is 12.8 Å². The molecule has 0 aromatic rings. The minimum Gasteiger partial charge on any atom is -0.356 e. The van der Waals surface area contributed by atoms with Crippen molar-refractivity contribution < 1.29 is 9.59 Å². The van der Waals surface area contributed by atoms with E-state index >= 15 is 0 Å². The summed E-state index contributed by atoms with van der Waals surface area (Å²) in [6, 6.07) is 0.00468. The van der Waals surface area contributed by atoms with E-state index in [4.69, 9.17) is 5.73 Å². The molecular formula is C17H27N3O2. The smallest absolute Gasteiger partial charge is 0.223 e. The molecule has 4 N–H and O–H groups in total. The first-order valence-electron chi connectivity index (χ1n) is 8.77. The van der Waals surface area contributed by atoms with E-state index in [-0.39, 0.29) is 34.6 Å². The molecule has 2 saturated heterocycles. The molecular weight excluding hydrogens is 278 g/mol. The van der Waals surface area contributed by atoms with Crippen molar-refractivity contribution in [2.75, 3.05) is 13.1 Å². The van der Waals surface area contributed by atoms with Crippen LogP contribution >= 0.6 is 0 Å². The zero-order chi connectivity index (χ0) is 15.5. The van der Waals surface area contributed by atoms with Gasteiger partial charge >= 0.3 is 0 Å². The molecule has 122 valence electrons. The molecule has 2 bridgehead atoms. The second kappa shape index (κ2) is 4.70. The van der Waals surface area contributed by atoms with E-state index in [1.54, 1.807) is 0 Å². The summed E-state index contributed by atoms with van der Waals surface area (Å²) in [6.07, 6.45) is 5.88. The van der Waals surface area contributed by atoms with Crippen LogP contribution in [0, 0.1) is 28.6 Å². The molecule has 1 spiro atoms. The zero-order valence-corrected chi connectivity index (χ0v) is 13.4. The van der Waals surface area contributed by atoms with Crippen LogP contribution in [0.3, 0.4) is 0 Å². The number of fused-ring (bicyclic) bond motifs is 2. The molecule has 2 saturated carbocycles. The molecule has 22 heavy (non-hydrogen) atoms. The van der Waals surface area contributed by atoms with Crippen LogP contribution in [-0.2, 0) is 9.59 Å². The Balaban J connectivity index is 1.74. The summed E-state index contributed by atoms with van der Waals surface area (Å²) in [5.74, 6) is 1.35. The Morgan fingerprint density at radius 1 is 1.18 bits per heavy atom. The standard InChI is InChI=1S/C17H27N3O2/c1-16-8-11(16)15(22)20-9-12(18)10-4-7-19-14(21)3-2-13(16)17(10)5-6-17/h10-13H,2-9,18H2,1H3,(H,19,21)(H,20,22). The minimum atomic E-state index is 0.00468. The van der Waals surface area contributed by atoms with E-state index < -0.39 is 0 Å².